The maximum absolute atomic E-state index is 10.8. The van der Waals surface area contributed by atoms with Crippen LogP contribution in [0.25, 0.3) is 0 Å². The molecule has 0 amide bonds. The minimum atomic E-state index is -0.168. The van der Waals surface area contributed by atoms with Gasteiger partial charge in [-0.3, -0.25) is 9.59 Å². The summed E-state index contributed by atoms with van der Waals surface area (Å²) in [4.78, 5) is 21.5. The number of hydrogen-bond acceptors (Lipinski definition) is 2. The van der Waals surface area contributed by atoms with Crippen LogP contribution in [0.1, 0.15) is 26.7 Å². The molecule has 1 rings (SSSR count). The van der Waals surface area contributed by atoms with Crippen molar-refractivity contribution in [2.75, 3.05) is 0 Å². The first-order chi connectivity index (χ1) is 4.68. The van der Waals surface area contributed by atoms with Crippen molar-refractivity contribution < 1.29 is 9.59 Å². The molecule has 0 bridgehead atoms. The van der Waals surface area contributed by atoms with Crippen molar-refractivity contribution >= 4 is 11.6 Å². The topological polar surface area (TPSA) is 34.1 Å². The molecule has 56 valence electrons. The molecule has 0 saturated heterocycles. The minimum absolute atomic E-state index is 0.00690. The van der Waals surface area contributed by atoms with Gasteiger partial charge in [-0.2, -0.15) is 0 Å². The van der Waals surface area contributed by atoms with Gasteiger partial charge >= 0.3 is 0 Å². The molecule has 0 spiro atoms. The Morgan fingerprint density at radius 3 is 2.30 bits per heavy atom. The Hall–Kier alpha value is -0.660. The summed E-state index contributed by atoms with van der Waals surface area (Å²) in [7, 11) is 0. The fourth-order valence-corrected chi connectivity index (χ4v) is 1.41. The summed E-state index contributed by atoms with van der Waals surface area (Å²) >= 11 is 0. The van der Waals surface area contributed by atoms with E-state index in [1.54, 1.807) is 0 Å². The Kier molecular flexibility index (Phi) is 1.88. The molecule has 0 N–H and O–H groups in total. The molecule has 10 heavy (non-hydrogen) atoms. The fraction of sp³-hybridized carbons (Fsp3) is 0.750. The molecule has 2 nitrogen and oxygen atoms in total. The van der Waals surface area contributed by atoms with Crippen molar-refractivity contribution in [3.63, 3.8) is 0 Å². The standard InChI is InChI=1S/C8H12O2/c1-3-4-6-5(2)7(9)8(6)10/h5-6H,3-4H2,1-2H3. The zero-order valence-electron chi connectivity index (χ0n) is 6.39. The third-order valence-corrected chi connectivity index (χ3v) is 2.20. The number of carbonyl (C=O) groups excluding carboxylic acids is 2. The molecule has 0 aromatic carbocycles. The lowest BCUT2D eigenvalue weighted by Crippen LogP contribution is -2.46. The highest BCUT2D eigenvalue weighted by molar-refractivity contribution is 6.45. The summed E-state index contributed by atoms with van der Waals surface area (Å²) in [5, 5.41) is 0. The van der Waals surface area contributed by atoms with Gasteiger partial charge in [0.05, 0.1) is 0 Å². The molecule has 1 aliphatic rings. The van der Waals surface area contributed by atoms with Crippen LogP contribution >= 0.6 is 0 Å². The molecule has 0 heterocycles. The molecule has 0 aromatic rings. The zero-order chi connectivity index (χ0) is 7.72. The average Bonchev–Trinajstić information content (AvgIpc) is 1.98. The van der Waals surface area contributed by atoms with E-state index in [9.17, 15) is 9.59 Å². The molecule has 1 aliphatic carbocycles. The molecule has 2 heteroatoms. The van der Waals surface area contributed by atoms with E-state index >= 15 is 0 Å². The predicted molar refractivity (Wildman–Crippen MR) is 37.6 cm³/mol. The molecular weight excluding hydrogens is 128 g/mol. The predicted octanol–water partition coefficient (Wildman–Crippen LogP) is 1.19. The van der Waals surface area contributed by atoms with Gasteiger partial charge in [-0.15, -0.1) is 0 Å². The zero-order valence-corrected chi connectivity index (χ0v) is 6.39. The highest BCUT2D eigenvalue weighted by atomic mass is 16.2. The lowest BCUT2D eigenvalue weighted by molar-refractivity contribution is -0.152. The lowest BCUT2D eigenvalue weighted by atomic mass is 9.70. The van der Waals surface area contributed by atoms with E-state index in [0.29, 0.717) is 0 Å². The van der Waals surface area contributed by atoms with E-state index in [2.05, 4.69) is 0 Å². The summed E-state index contributed by atoms with van der Waals surface area (Å²) in [6.07, 6.45) is 1.87. The van der Waals surface area contributed by atoms with E-state index in [1.807, 2.05) is 13.8 Å². The summed E-state index contributed by atoms with van der Waals surface area (Å²) in [6.45, 7) is 3.87. The van der Waals surface area contributed by atoms with E-state index < -0.39 is 0 Å². The molecule has 2 unspecified atom stereocenters. The highest BCUT2D eigenvalue weighted by Gasteiger charge is 2.44. The van der Waals surface area contributed by atoms with Crippen LogP contribution in [-0.4, -0.2) is 11.6 Å². The van der Waals surface area contributed by atoms with Crippen LogP contribution in [0.4, 0.5) is 0 Å². The second-order valence-corrected chi connectivity index (χ2v) is 2.91. The number of rotatable bonds is 2. The Labute approximate surface area is 60.6 Å². The first kappa shape index (κ1) is 7.45. The van der Waals surface area contributed by atoms with Crippen molar-refractivity contribution in [3.8, 4) is 0 Å². The maximum Gasteiger partial charge on any atom is 0.202 e. The smallest absolute Gasteiger partial charge is 0.202 e. The Morgan fingerprint density at radius 2 is 1.90 bits per heavy atom. The van der Waals surface area contributed by atoms with E-state index in [-0.39, 0.29) is 23.4 Å². The molecule has 2 atom stereocenters. The molecule has 1 fully saturated rings. The van der Waals surface area contributed by atoms with Gasteiger partial charge in [-0.1, -0.05) is 20.3 Å². The molecular formula is C8H12O2. The summed E-state index contributed by atoms with van der Waals surface area (Å²) in [5.74, 6) is -0.252. The van der Waals surface area contributed by atoms with Crippen LogP contribution in [0.5, 0.6) is 0 Å². The number of carbonyl (C=O) groups is 2. The monoisotopic (exact) mass is 140 g/mol. The summed E-state index contributed by atoms with van der Waals surface area (Å²) < 4.78 is 0. The van der Waals surface area contributed by atoms with Crippen LogP contribution in [0.3, 0.4) is 0 Å². The van der Waals surface area contributed by atoms with Gasteiger partial charge in [0.25, 0.3) is 0 Å². The van der Waals surface area contributed by atoms with Gasteiger partial charge in [0.1, 0.15) is 0 Å². The van der Waals surface area contributed by atoms with Crippen LogP contribution in [0.15, 0.2) is 0 Å². The third-order valence-electron chi connectivity index (χ3n) is 2.20. The quantitative estimate of drug-likeness (QED) is 0.540. The van der Waals surface area contributed by atoms with Crippen LogP contribution in [0.2, 0.25) is 0 Å². The van der Waals surface area contributed by atoms with Crippen molar-refractivity contribution in [1.82, 2.24) is 0 Å². The van der Waals surface area contributed by atoms with Gasteiger partial charge in [0, 0.05) is 11.8 Å². The van der Waals surface area contributed by atoms with Crippen LogP contribution in [0, 0.1) is 11.8 Å². The number of ketones is 2. The fourth-order valence-electron chi connectivity index (χ4n) is 1.41. The highest BCUT2D eigenvalue weighted by Crippen LogP contribution is 2.30. The van der Waals surface area contributed by atoms with Crippen molar-refractivity contribution in [2.24, 2.45) is 11.8 Å². The van der Waals surface area contributed by atoms with E-state index in [1.165, 1.54) is 0 Å². The minimum Gasteiger partial charge on any atom is -0.291 e. The first-order valence-corrected chi connectivity index (χ1v) is 3.76. The van der Waals surface area contributed by atoms with Crippen molar-refractivity contribution in [3.05, 3.63) is 0 Å². The number of Topliss-reactive ketones (excluding diaryl/α,β-unsaturated/α-hetero) is 2. The van der Waals surface area contributed by atoms with Gasteiger partial charge in [-0.25, -0.2) is 0 Å². The van der Waals surface area contributed by atoms with E-state index in [0.717, 1.165) is 12.8 Å². The van der Waals surface area contributed by atoms with Gasteiger partial charge in [0.15, 0.2) is 0 Å². The second-order valence-electron chi connectivity index (χ2n) is 2.91. The Balaban J connectivity index is 2.49. The average molecular weight is 140 g/mol. The van der Waals surface area contributed by atoms with Gasteiger partial charge in [0.2, 0.25) is 11.6 Å². The van der Waals surface area contributed by atoms with Crippen LogP contribution < -0.4 is 0 Å². The largest absolute Gasteiger partial charge is 0.291 e. The normalized spacial score (nSPS) is 32.2. The lowest BCUT2D eigenvalue weighted by Gasteiger charge is -2.29. The molecule has 1 saturated carbocycles. The molecule has 0 radical (unpaired) electrons. The summed E-state index contributed by atoms with van der Waals surface area (Å²) in [5.41, 5.74) is 0. The van der Waals surface area contributed by atoms with E-state index in [4.69, 9.17) is 0 Å². The first-order valence-electron chi connectivity index (χ1n) is 3.76. The van der Waals surface area contributed by atoms with Crippen molar-refractivity contribution in [2.45, 2.75) is 26.7 Å². The van der Waals surface area contributed by atoms with Gasteiger partial charge < -0.3 is 0 Å². The molecule has 0 aliphatic heterocycles. The van der Waals surface area contributed by atoms with Crippen LogP contribution in [-0.2, 0) is 9.59 Å². The third kappa shape index (κ3) is 0.877. The molecule has 0 aromatic heterocycles. The Bertz CT molecular complexity index is 172. The second kappa shape index (κ2) is 2.52. The number of hydrogen-bond donors (Lipinski definition) is 0. The van der Waals surface area contributed by atoms with Crippen molar-refractivity contribution in [1.29, 1.82) is 0 Å². The van der Waals surface area contributed by atoms with Gasteiger partial charge in [-0.05, 0) is 6.42 Å². The SMILES string of the molecule is CCCC1C(=O)C(=O)C1C. The summed E-state index contributed by atoms with van der Waals surface area (Å²) in [6, 6.07) is 0. The maximum atomic E-state index is 10.8. The Morgan fingerprint density at radius 1 is 1.30 bits per heavy atom.